The molecular formula is C16H36ClN3O2. The molecule has 0 fully saturated rings. The highest BCUT2D eigenvalue weighted by Gasteiger charge is 2.34. The van der Waals surface area contributed by atoms with Crippen LogP contribution in [0.15, 0.2) is 0 Å². The predicted octanol–water partition coefficient (Wildman–Crippen LogP) is 3.31. The number of unbranched alkanes of at least 4 members (excludes halogenated alkanes) is 9. The van der Waals surface area contributed by atoms with E-state index in [2.05, 4.69) is 6.92 Å². The number of likely N-dealkylation sites (N-methyl/N-ethyl adjacent to an activating group) is 1. The molecule has 22 heavy (non-hydrogen) atoms. The molecule has 0 saturated heterocycles. The Morgan fingerprint density at radius 3 is 1.68 bits per heavy atom. The first-order valence-electron chi connectivity index (χ1n) is 8.53. The van der Waals surface area contributed by atoms with Gasteiger partial charge in [-0.25, -0.2) is 4.79 Å². The summed E-state index contributed by atoms with van der Waals surface area (Å²) in [6.07, 6.45) is 12.6. The normalized spacial score (nSPS) is 11.5. The molecule has 0 aromatic rings. The van der Waals surface area contributed by atoms with Crippen molar-refractivity contribution in [3.8, 4) is 0 Å². The largest absolute Gasteiger partial charge is 0.478 e. The Balaban J connectivity index is 0. The molecule has 0 aromatic carbocycles. The lowest BCUT2D eigenvalue weighted by Gasteiger charge is -2.33. The van der Waals surface area contributed by atoms with Gasteiger partial charge in [-0.1, -0.05) is 71.6 Å². The van der Waals surface area contributed by atoms with Gasteiger partial charge in [0, 0.05) is 6.54 Å². The zero-order chi connectivity index (χ0) is 16.1. The van der Waals surface area contributed by atoms with Crippen LogP contribution in [0.2, 0.25) is 0 Å². The molecule has 0 rings (SSSR count). The molecule has 5 nitrogen and oxygen atoms in total. The summed E-state index contributed by atoms with van der Waals surface area (Å²) in [6, 6.07) is 0. The molecule has 0 unspecified atom stereocenters. The Labute approximate surface area is 142 Å². The number of carboxylic acids is 1. The first-order chi connectivity index (χ1) is 9.96. The molecule has 0 amide bonds. The minimum atomic E-state index is -1.74. The highest BCUT2D eigenvalue weighted by molar-refractivity contribution is 5.85. The number of carboxylic acid groups (broad SMARTS) is 1. The van der Waals surface area contributed by atoms with E-state index in [9.17, 15) is 4.79 Å². The van der Waals surface area contributed by atoms with Gasteiger partial charge in [0.1, 0.15) is 0 Å². The van der Waals surface area contributed by atoms with Crippen LogP contribution in [0.25, 0.3) is 0 Å². The van der Waals surface area contributed by atoms with Crippen molar-refractivity contribution in [2.75, 3.05) is 13.1 Å². The maximum Gasteiger partial charge on any atom is 0.354 e. The first-order valence-corrected chi connectivity index (χ1v) is 8.53. The lowest BCUT2D eigenvalue weighted by molar-refractivity contribution is -0.151. The third-order valence-corrected chi connectivity index (χ3v) is 4.03. The quantitative estimate of drug-likeness (QED) is 0.334. The van der Waals surface area contributed by atoms with Gasteiger partial charge in [0.25, 0.3) is 0 Å². The number of hydrogen-bond acceptors (Lipinski definition) is 4. The fourth-order valence-corrected chi connectivity index (χ4v) is 2.53. The van der Waals surface area contributed by atoms with Gasteiger partial charge in [-0.2, -0.15) is 0 Å². The SMILES string of the molecule is CCCCCCCCCCCCN(CC)C(N)(N)C(=O)O.Cl. The molecule has 0 aromatic heterocycles. The molecule has 134 valence electrons. The molecule has 0 saturated carbocycles. The summed E-state index contributed by atoms with van der Waals surface area (Å²) in [6.45, 7) is 5.32. The van der Waals surface area contributed by atoms with E-state index < -0.39 is 11.8 Å². The van der Waals surface area contributed by atoms with Crippen LogP contribution in [0.5, 0.6) is 0 Å². The van der Waals surface area contributed by atoms with Crippen LogP contribution in [0.3, 0.4) is 0 Å². The summed E-state index contributed by atoms with van der Waals surface area (Å²) in [5.74, 6) is -2.91. The Morgan fingerprint density at radius 1 is 0.909 bits per heavy atom. The second-order valence-electron chi connectivity index (χ2n) is 5.89. The fourth-order valence-electron chi connectivity index (χ4n) is 2.53. The summed E-state index contributed by atoms with van der Waals surface area (Å²) in [7, 11) is 0. The number of rotatable bonds is 14. The summed E-state index contributed by atoms with van der Waals surface area (Å²) >= 11 is 0. The Kier molecular flexibility index (Phi) is 15.5. The summed E-state index contributed by atoms with van der Waals surface area (Å²) in [4.78, 5) is 12.6. The molecule has 5 N–H and O–H groups in total. The Morgan fingerprint density at radius 2 is 1.32 bits per heavy atom. The van der Waals surface area contributed by atoms with Crippen molar-refractivity contribution in [3.63, 3.8) is 0 Å². The molecular weight excluding hydrogens is 302 g/mol. The monoisotopic (exact) mass is 337 g/mol. The van der Waals surface area contributed by atoms with Crippen LogP contribution in [-0.2, 0) is 4.79 Å². The van der Waals surface area contributed by atoms with E-state index in [0.29, 0.717) is 13.1 Å². The van der Waals surface area contributed by atoms with Gasteiger partial charge in [-0.15, -0.1) is 12.4 Å². The van der Waals surface area contributed by atoms with Crippen LogP contribution in [0.1, 0.15) is 78.1 Å². The zero-order valence-corrected chi connectivity index (χ0v) is 15.2. The van der Waals surface area contributed by atoms with Crippen LogP contribution < -0.4 is 11.5 Å². The van der Waals surface area contributed by atoms with Crippen LogP contribution in [0.4, 0.5) is 0 Å². The number of aliphatic carboxylic acids is 1. The smallest absolute Gasteiger partial charge is 0.354 e. The van der Waals surface area contributed by atoms with E-state index in [4.69, 9.17) is 16.6 Å². The third kappa shape index (κ3) is 10.4. The predicted molar refractivity (Wildman–Crippen MR) is 95.1 cm³/mol. The molecule has 0 aliphatic heterocycles. The topological polar surface area (TPSA) is 92.6 Å². The Bertz CT molecular complexity index is 276. The van der Waals surface area contributed by atoms with Gasteiger partial charge < -0.3 is 5.11 Å². The van der Waals surface area contributed by atoms with Gasteiger partial charge in [0.15, 0.2) is 0 Å². The van der Waals surface area contributed by atoms with Crippen molar-refractivity contribution in [1.29, 1.82) is 0 Å². The number of nitrogens with zero attached hydrogens (tertiary/aromatic N) is 1. The summed E-state index contributed by atoms with van der Waals surface area (Å²) < 4.78 is 0. The molecule has 0 aliphatic carbocycles. The fraction of sp³-hybridized carbons (Fsp3) is 0.938. The third-order valence-electron chi connectivity index (χ3n) is 4.03. The van der Waals surface area contributed by atoms with Gasteiger partial charge in [0.05, 0.1) is 0 Å². The van der Waals surface area contributed by atoms with Crippen molar-refractivity contribution in [2.24, 2.45) is 11.5 Å². The lowest BCUT2D eigenvalue weighted by Crippen LogP contribution is -2.68. The summed E-state index contributed by atoms with van der Waals surface area (Å²) in [5.41, 5.74) is 11.3. The van der Waals surface area contributed by atoms with Gasteiger partial charge >= 0.3 is 5.97 Å². The minimum Gasteiger partial charge on any atom is -0.478 e. The molecule has 0 bridgehead atoms. The Hall–Kier alpha value is -0.360. The van der Waals surface area contributed by atoms with Crippen molar-refractivity contribution < 1.29 is 9.90 Å². The summed E-state index contributed by atoms with van der Waals surface area (Å²) in [5, 5.41) is 9.01. The van der Waals surface area contributed by atoms with E-state index in [1.165, 1.54) is 51.4 Å². The highest BCUT2D eigenvalue weighted by atomic mass is 35.5. The molecule has 0 spiro atoms. The molecule has 0 radical (unpaired) electrons. The average molecular weight is 338 g/mol. The second kappa shape index (κ2) is 14.2. The minimum absolute atomic E-state index is 0. The van der Waals surface area contributed by atoms with Gasteiger partial charge in [-0.05, 0) is 13.0 Å². The first kappa shape index (κ1) is 23.9. The maximum atomic E-state index is 11.0. The molecule has 0 heterocycles. The van der Waals surface area contributed by atoms with E-state index in [0.717, 1.165) is 12.8 Å². The molecule has 0 atom stereocenters. The average Bonchev–Trinajstić information content (AvgIpc) is 2.44. The van der Waals surface area contributed by atoms with E-state index in [-0.39, 0.29) is 12.4 Å². The van der Waals surface area contributed by atoms with Crippen LogP contribution >= 0.6 is 12.4 Å². The van der Waals surface area contributed by atoms with Crippen molar-refractivity contribution in [3.05, 3.63) is 0 Å². The van der Waals surface area contributed by atoms with Crippen LogP contribution in [0, 0.1) is 0 Å². The second-order valence-corrected chi connectivity index (χ2v) is 5.89. The lowest BCUT2D eigenvalue weighted by atomic mass is 10.1. The number of carbonyl (C=O) groups is 1. The van der Waals surface area contributed by atoms with Crippen molar-refractivity contribution >= 4 is 18.4 Å². The van der Waals surface area contributed by atoms with E-state index in [1.807, 2.05) is 6.92 Å². The molecule has 6 heteroatoms. The van der Waals surface area contributed by atoms with Crippen LogP contribution in [-0.4, -0.2) is 34.9 Å². The van der Waals surface area contributed by atoms with E-state index in [1.54, 1.807) is 4.90 Å². The number of nitrogens with two attached hydrogens (primary N) is 2. The highest BCUT2D eigenvalue weighted by Crippen LogP contribution is 2.11. The van der Waals surface area contributed by atoms with E-state index >= 15 is 0 Å². The van der Waals surface area contributed by atoms with Gasteiger partial charge in [-0.3, -0.25) is 16.4 Å². The number of hydrogen-bond donors (Lipinski definition) is 3. The standard InChI is InChI=1S/C16H35N3O2.ClH/c1-3-5-6-7-8-9-10-11-12-13-14-19(4-2)16(17,18)15(20)21;/h3-14,17-18H2,1-2H3,(H,20,21);1H. The molecule has 0 aliphatic rings. The number of halogens is 1. The van der Waals surface area contributed by atoms with Crippen molar-refractivity contribution in [2.45, 2.75) is 83.8 Å². The maximum absolute atomic E-state index is 11.0. The van der Waals surface area contributed by atoms with Gasteiger partial charge in [0.2, 0.25) is 5.79 Å². The van der Waals surface area contributed by atoms with Crippen molar-refractivity contribution in [1.82, 2.24) is 4.90 Å². The zero-order valence-electron chi connectivity index (χ0n) is 14.4.